The highest BCUT2D eigenvalue weighted by atomic mass is 79.9. The first-order valence-electron chi connectivity index (χ1n) is 7.13. The molecule has 0 unspecified atom stereocenters. The zero-order valence-electron chi connectivity index (χ0n) is 11.8. The Balaban J connectivity index is 2.13. The van der Waals surface area contributed by atoms with Crippen molar-refractivity contribution in [3.8, 4) is 0 Å². The molecule has 0 aliphatic heterocycles. The van der Waals surface area contributed by atoms with Crippen molar-refractivity contribution in [2.45, 2.75) is 39.0 Å². The van der Waals surface area contributed by atoms with E-state index >= 15 is 0 Å². The van der Waals surface area contributed by atoms with E-state index in [4.69, 9.17) is 5.73 Å². The largest absolute Gasteiger partial charge is 0.329 e. The minimum Gasteiger partial charge on any atom is -0.329 e. The van der Waals surface area contributed by atoms with E-state index < -0.39 is 5.41 Å². The number of Topliss-reactive ketones (excluding diaryl/α,β-unsaturated/α-hetero) is 1. The fourth-order valence-corrected chi connectivity index (χ4v) is 3.51. The summed E-state index contributed by atoms with van der Waals surface area (Å²) in [6.45, 7) is 2.61. The van der Waals surface area contributed by atoms with Crippen LogP contribution in [0, 0.1) is 17.2 Å². The standard InChI is InChI=1S/C16H21BrFNO/c1-11-2-4-16(10-19,5-3-11)15(20)8-12-6-13(17)9-14(18)7-12/h6-7,9,11H,2-5,8,10,19H2,1H3. The predicted molar refractivity (Wildman–Crippen MR) is 81.9 cm³/mol. The van der Waals surface area contributed by atoms with Gasteiger partial charge < -0.3 is 5.73 Å². The molecule has 0 bridgehead atoms. The van der Waals surface area contributed by atoms with Gasteiger partial charge in [-0.2, -0.15) is 0 Å². The Kier molecular flexibility index (Phi) is 4.97. The van der Waals surface area contributed by atoms with Gasteiger partial charge in [-0.1, -0.05) is 22.9 Å². The molecule has 2 rings (SSSR count). The van der Waals surface area contributed by atoms with Gasteiger partial charge >= 0.3 is 0 Å². The van der Waals surface area contributed by atoms with Gasteiger partial charge in [0.1, 0.15) is 11.6 Å². The summed E-state index contributed by atoms with van der Waals surface area (Å²) in [6, 6.07) is 4.63. The first kappa shape index (κ1) is 15.6. The highest BCUT2D eigenvalue weighted by Gasteiger charge is 2.39. The van der Waals surface area contributed by atoms with Gasteiger partial charge in [-0.3, -0.25) is 4.79 Å². The first-order valence-corrected chi connectivity index (χ1v) is 7.93. The number of nitrogens with two attached hydrogens (primary N) is 1. The maximum atomic E-state index is 13.4. The molecule has 0 saturated heterocycles. The minimum atomic E-state index is -0.398. The molecule has 1 fully saturated rings. The van der Waals surface area contributed by atoms with Crippen LogP contribution in [0.2, 0.25) is 0 Å². The van der Waals surface area contributed by atoms with Gasteiger partial charge in [-0.05, 0) is 55.4 Å². The molecule has 2 nitrogen and oxygen atoms in total. The number of carbonyl (C=O) groups is 1. The van der Waals surface area contributed by atoms with Crippen LogP contribution in [-0.2, 0) is 11.2 Å². The van der Waals surface area contributed by atoms with Gasteiger partial charge in [-0.15, -0.1) is 0 Å². The van der Waals surface area contributed by atoms with E-state index in [2.05, 4.69) is 22.9 Å². The fraction of sp³-hybridized carbons (Fsp3) is 0.562. The summed E-state index contributed by atoms with van der Waals surface area (Å²) >= 11 is 3.26. The molecule has 1 saturated carbocycles. The molecule has 110 valence electrons. The number of ketones is 1. The molecule has 0 heterocycles. The fourth-order valence-electron chi connectivity index (χ4n) is 3.00. The van der Waals surface area contributed by atoms with Crippen molar-refractivity contribution in [1.82, 2.24) is 0 Å². The smallest absolute Gasteiger partial charge is 0.144 e. The molecule has 1 aromatic rings. The Hall–Kier alpha value is -0.740. The third-order valence-corrected chi connectivity index (χ3v) is 4.96. The summed E-state index contributed by atoms with van der Waals surface area (Å²) in [6.07, 6.45) is 4.09. The summed E-state index contributed by atoms with van der Waals surface area (Å²) in [5, 5.41) is 0. The van der Waals surface area contributed by atoms with Crippen molar-refractivity contribution >= 4 is 21.7 Å². The van der Waals surface area contributed by atoms with Crippen LogP contribution in [0.5, 0.6) is 0 Å². The maximum Gasteiger partial charge on any atom is 0.144 e. The quantitative estimate of drug-likeness (QED) is 0.903. The van der Waals surface area contributed by atoms with Crippen LogP contribution < -0.4 is 5.73 Å². The second kappa shape index (κ2) is 6.35. The van der Waals surface area contributed by atoms with Crippen LogP contribution in [-0.4, -0.2) is 12.3 Å². The summed E-state index contributed by atoms with van der Waals surface area (Å²) < 4.78 is 14.0. The zero-order chi connectivity index (χ0) is 14.8. The zero-order valence-corrected chi connectivity index (χ0v) is 13.4. The summed E-state index contributed by atoms with van der Waals surface area (Å²) in [5.41, 5.74) is 6.21. The van der Waals surface area contributed by atoms with E-state index in [1.165, 1.54) is 12.1 Å². The Labute approximate surface area is 128 Å². The highest BCUT2D eigenvalue weighted by Crippen LogP contribution is 2.39. The third kappa shape index (κ3) is 3.47. The molecule has 4 heteroatoms. The number of hydrogen-bond donors (Lipinski definition) is 1. The molecule has 1 aliphatic rings. The van der Waals surface area contributed by atoms with Crippen molar-refractivity contribution in [2.24, 2.45) is 17.1 Å². The highest BCUT2D eigenvalue weighted by molar-refractivity contribution is 9.10. The van der Waals surface area contributed by atoms with E-state index in [-0.39, 0.29) is 18.0 Å². The first-order chi connectivity index (χ1) is 9.45. The van der Waals surface area contributed by atoms with E-state index in [0.717, 1.165) is 25.7 Å². The van der Waals surface area contributed by atoms with Crippen LogP contribution in [0.15, 0.2) is 22.7 Å². The maximum absolute atomic E-state index is 13.4. The summed E-state index contributed by atoms with van der Waals surface area (Å²) in [4.78, 5) is 12.6. The molecule has 0 atom stereocenters. The summed E-state index contributed by atoms with van der Waals surface area (Å²) in [5.74, 6) is 0.511. The van der Waals surface area contributed by atoms with Gasteiger partial charge in [0.15, 0.2) is 0 Å². The second-order valence-corrected chi connectivity index (χ2v) is 6.96. The molecule has 0 aromatic heterocycles. The van der Waals surface area contributed by atoms with Crippen LogP contribution in [0.1, 0.15) is 38.2 Å². The van der Waals surface area contributed by atoms with Gasteiger partial charge in [0.25, 0.3) is 0 Å². The van der Waals surface area contributed by atoms with Gasteiger partial charge in [0.05, 0.1) is 0 Å². The molecule has 2 N–H and O–H groups in total. The molecule has 0 amide bonds. The van der Waals surface area contributed by atoms with Crippen LogP contribution in [0.25, 0.3) is 0 Å². The Bertz CT molecular complexity index is 475. The molecule has 1 aliphatic carbocycles. The number of carbonyl (C=O) groups excluding carboxylic acids is 1. The van der Waals surface area contributed by atoms with Gasteiger partial charge in [0, 0.05) is 22.9 Å². The normalized spacial score (nSPS) is 26.5. The van der Waals surface area contributed by atoms with Crippen molar-refractivity contribution in [3.63, 3.8) is 0 Å². The Morgan fingerprint density at radius 2 is 2.05 bits per heavy atom. The van der Waals surface area contributed by atoms with Crippen molar-refractivity contribution in [1.29, 1.82) is 0 Å². The van der Waals surface area contributed by atoms with Crippen molar-refractivity contribution < 1.29 is 9.18 Å². The lowest BCUT2D eigenvalue weighted by Crippen LogP contribution is -2.42. The van der Waals surface area contributed by atoms with Crippen LogP contribution in [0.3, 0.4) is 0 Å². The number of rotatable bonds is 4. The van der Waals surface area contributed by atoms with Gasteiger partial charge in [-0.25, -0.2) is 4.39 Å². The van der Waals surface area contributed by atoms with Crippen LogP contribution in [0.4, 0.5) is 4.39 Å². The van der Waals surface area contributed by atoms with E-state index in [9.17, 15) is 9.18 Å². The molecule has 20 heavy (non-hydrogen) atoms. The monoisotopic (exact) mass is 341 g/mol. The SMILES string of the molecule is CC1CCC(CN)(C(=O)Cc2cc(F)cc(Br)c2)CC1. The lowest BCUT2D eigenvalue weighted by Gasteiger charge is -2.37. The number of hydrogen-bond acceptors (Lipinski definition) is 2. The lowest BCUT2D eigenvalue weighted by molar-refractivity contribution is -0.129. The number of halogens is 2. The van der Waals surface area contributed by atoms with Crippen LogP contribution >= 0.6 is 15.9 Å². The lowest BCUT2D eigenvalue weighted by atomic mass is 9.67. The van der Waals surface area contributed by atoms with Crippen molar-refractivity contribution in [3.05, 3.63) is 34.1 Å². The van der Waals surface area contributed by atoms with E-state index in [0.29, 0.717) is 22.5 Å². The minimum absolute atomic E-state index is 0.157. The number of benzene rings is 1. The average molecular weight is 342 g/mol. The third-order valence-electron chi connectivity index (χ3n) is 4.50. The average Bonchev–Trinajstić information content (AvgIpc) is 2.38. The van der Waals surface area contributed by atoms with Gasteiger partial charge in [0.2, 0.25) is 0 Å². The Morgan fingerprint density at radius 1 is 1.40 bits per heavy atom. The van der Waals surface area contributed by atoms with Crippen molar-refractivity contribution in [2.75, 3.05) is 6.54 Å². The molecular formula is C16H21BrFNO. The molecular weight excluding hydrogens is 321 g/mol. The Morgan fingerprint density at radius 3 is 2.60 bits per heavy atom. The second-order valence-electron chi connectivity index (χ2n) is 6.04. The molecule has 0 radical (unpaired) electrons. The molecule has 0 spiro atoms. The van der Waals surface area contributed by atoms with E-state index in [1.54, 1.807) is 6.07 Å². The van der Waals surface area contributed by atoms with E-state index in [1.807, 2.05) is 0 Å². The summed E-state index contributed by atoms with van der Waals surface area (Å²) in [7, 11) is 0. The topological polar surface area (TPSA) is 43.1 Å². The molecule has 1 aromatic carbocycles. The predicted octanol–water partition coefficient (Wildman–Crippen LogP) is 3.86.